The summed E-state index contributed by atoms with van der Waals surface area (Å²) < 4.78 is 0. The lowest BCUT2D eigenvalue weighted by atomic mass is 9.96. The van der Waals surface area contributed by atoms with Gasteiger partial charge in [-0.1, -0.05) is 121 Å². The van der Waals surface area contributed by atoms with Gasteiger partial charge in [-0.2, -0.15) is 0 Å². The van der Waals surface area contributed by atoms with E-state index in [1.807, 2.05) is 42.5 Å². The van der Waals surface area contributed by atoms with Crippen LogP contribution >= 0.6 is 0 Å². The fourth-order valence-electron chi connectivity index (χ4n) is 7.10. The zero-order valence-corrected chi connectivity index (χ0v) is 28.1. The molecule has 0 aliphatic rings. The Hall–Kier alpha value is -7.04. The normalized spacial score (nSPS) is 11.5. The highest BCUT2D eigenvalue weighted by Gasteiger charge is 2.10. The SMILES string of the molecule is c1ccc(-c2ccc3ccc4ccc(-c5ccc(-c6ccc7cc(-c8ccc9nc(-c%10ccccn%10)ccc9c8)ccc7c6)cc5)nc4c3n2)cc1. The molecule has 4 heterocycles. The number of aromatic nitrogens is 4. The summed E-state index contributed by atoms with van der Waals surface area (Å²) in [5.41, 5.74) is 13.3. The minimum absolute atomic E-state index is 0.879. The first-order valence-corrected chi connectivity index (χ1v) is 17.5. The molecule has 0 unspecified atom stereocenters. The Balaban J connectivity index is 0.926. The highest BCUT2D eigenvalue weighted by molar-refractivity contribution is 6.04. The van der Waals surface area contributed by atoms with E-state index in [1.165, 1.54) is 33.0 Å². The van der Waals surface area contributed by atoms with Crippen LogP contribution in [0, 0.1) is 0 Å². The van der Waals surface area contributed by atoms with Crippen molar-refractivity contribution in [2.24, 2.45) is 0 Å². The monoisotopic (exact) mass is 662 g/mol. The zero-order chi connectivity index (χ0) is 34.4. The molecule has 0 amide bonds. The molecule has 0 aliphatic carbocycles. The minimum Gasteiger partial charge on any atom is -0.255 e. The Morgan fingerprint density at radius 1 is 0.269 bits per heavy atom. The van der Waals surface area contributed by atoms with Crippen LogP contribution in [-0.4, -0.2) is 19.9 Å². The minimum atomic E-state index is 0.879. The molecule has 6 aromatic carbocycles. The molecule has 0 N–H and O–H groups in total. The van der Waals surface area contributed by atoms with E-state index in [0.29, 0.717) is 0 Å². The first kappa shape index (κ1) is 29.8. The first-order chi connectivity index (χ1) is 25.7. The van der Waals surface area contributed by atoms with Gasteiger partial charge in [0.05, 0.1) is 39.3 Å². The number of hydrogen-bond donors (Lipinski definition) is 0. The van der Waals surface area contributed by atoms with Crippen LogP contribution < -0.4 is 0 Å². The summed E-state index contributed by atoms with van der Waals surface area (Å²) in [5.74, 6) is 0. The molecule has 10 rings (SSSR count). The van der Waals surface area contributed by atoms with Crippen molar-refractivity contribution < 1.29 is 0 Å². The molecule has 4 heteroatoms. The predicted molar refractivity (Wildman–Crippen MR) is 215 cm³/mol. The third-order valence-electron chi connectivity index (χ3n) is 9.89. The maximum atomic E-state index is 5.15. The average molecular weight is 663 g/mol. The first-order valence-electron chi connectivity index (χ1n) is 17.5. The molecular formula is C48H30N4. The van der Waals surface area contributed by atoms with E-state index < -0.39 is 0 Å². The Kier molecular flexibility index (Phi) is 7.10. The average Bonchev–Trinajstić information content (AvgIpc) is 3.23. The van der Waals surface area contributed by atoms with Crippen molar-refractivity contribution >= 4 is 43.5 Å². The zero-order valence-electron chi connectivity index (χ0n) is 28.1. The van der Waals surface area contributed by atoms with E-state index in [-0.39, 0.29) is 0 Å². The van der Waals surface area contributed by atoms with E-state index in [9.17, 15) is 0 Å². The summed E-state index contributed by atoms with van der Waals surface area (Å²) in [6, 6.07) is 61.7. The summed E-state index contributed by atoms with van der Waals surface area (Å²) >= 11 is 0. The number of hydrogen-bond acceptors (Lipinski definition) is 4. The largest absolute Gasteiger partial charge is 0.255 e. The number of fused-ring (bicyclic) bond motifs is 5. The van der Waals surface area contributed by atoms with Gasteiger partial charge in [0.1, 0.15) is 0 Å². The molecule has 0 spiro atoms. The van der Waals surface area contributed by atoms with Crippen molar-refractivity contribution in [2.45, 2.75) is 0 Å². The van der Waals surface area contributed by atoms with Gasteiger partial charge in [0, 0.05) is 33.5 Å². The highest BCUT2D eigenvalue weighted by Crippen LogP contribution is 2.33. The van der Waals surface area contributed by atoms with Gasteiger partial charge in [-0.05, 0) is 87.6 Å². The summed E-state index contributed by atoms with van der Waals surface area (Å²) in [6.45, 7) is 0. The molecular weight excluding hydrogens is 633 g/mol. The maximum Gasteiger partial charge on any atom is 0.0972 e. The highest BCUT2D eigenvalue weighted by atomic mass is 14.8. The van der Waals surface area contributed by atoms with Crippen LogP contribution in [-0.2, 0) is 0 Å². The van der Waals surface area contributed by atoms with E-state index in [2.05, 4.69) is 138 Å². The van der Waals surface area contributed by atoms with E-state index in [4.69, 9.17) is 15.0 Å². The van der Waals surface area contributed by atoms with Crippen LogP contribution in [0.5, 0.6) is 0 Å². The second kappa shape index (κ2) is 12.4. The third-order valence-corrected chi connectivity index (χ3v) is 9.89. The second-order valence-electron chi connectivity index (χ2n) is 13.1. The molecule has 4 aromatic heterocycles. The van der Waals surface area contributed by atoms with E-state index in [1.54, 1.807) is 6.20 Å². The Labute approximate surface area is 300 Å². The molecule has 0 bridgehead atoms. The van der Waals surface area contributed by atoms with Crippen LogP contribution in [0.15, 0.2) is 182 Å². The maximum absolute atomic E-state index is 5.15. The van der Waals surface area contributed by atoms with Crippen LogP contribution in [0.2, 0.25) is 0 Å². The summed E-state index contributed by atoms with van der Waals surface area (Å²) in [4.78, 5) is 19.5. The molecule has 0 saturated heterocycles. The molecule has 4 nitrogen and oxygen atoms in total. The van der Waals surface area contributed by atoms with Crippen molar-refractivity contribution in [2.75, 3.05) is 0 Å². The van der Waals surface area contributed by atoms with Crippen molar-refractivity contribution in [1.82, 2.24) is 19.9 Å². The number of nitrogens with zero attached hydrogens (tertiary/aromatic N) is 4. The second-order valence-corrected chi connectivity index (χ2v) is 13.1. The van der Waals surface area contributed by atoms with Crippen LogP contribution in [0.25, 0.3) is 99.6 Å². The lowest BCUT2D eigenvalue weighted by Crippen LogP contribution is -1.91. The summed E-state index contributed by atoms with van der Waals surface area (Å²) in [6.07, 6.45) is 1.80. The van der Waals surface area contributed by atoms with Crippen LogP contribution in [0.3, 0.4) is 0 Å². The van der Waals surface area contributed by atoms with Crippen molar-refractivity contribution in [3.05, 3.63) is 182 Å². The van der Waals surface area contributed by atoms with Gasteiger partial charge in [-0.25, -0.2) is 15.0 Å². The summed E-state index contributed by atoms with van der Waals surface area (Å²) in [7, 11) is 0. The Bertz CT molecular complexity index is 2940. The van der Waals surface area contributed by atoms with Gasteiger partial charge in [-0.15, -0.1) is 0 Å². The van der Waals surface area contributed by atoms with Gasteiger partial charge in [0.15, 0.2) is 0 Å². The number of pyridine rings is 4. The lowest BCUT2D eigenvalue weighted by molar-refractivity contribution is 1.28. The molecule has 0 aliphatic heterocycles. The lowest BCUT2D eigenvalue weighted by Gasteiger charge is -2.10. The fourth-order valence-corrected chi connectivity index (χ4v) is 7.10. The molecule has 10 aromatic rings. The molecule has 52 heavy (non-hydrogen) atoms. The summed E-state index contributed by atoms with van der Waals surface area (Å²) in [5, 5.41) is 5.69. The van der Waals surface area contributed by atoms with Gasteiger partial charge in [0.2, 0.25) is 0 Å². The standard InChI is InChI=1S/C48H30N4/c1-2-6-32(7-3-1)42-23-19-34-13-14-35-20-24-43(52-48(35)47(34)51-42)33-11-9-31(10-12-33)36-15-16-38-29-39(18-17-37(38)28-36)40-21-25-44-41(30-40)22-26-46(50-44)45-8-4-5-27-49-45/h1-30H. The molecule has 0 atom stereocenters. The molecule has 0 radical (unpaired) electrons. The number of benzene rings is 6. The molecule has 0 saturated carbocycles. The van der Waals surface area contributed by atoms with Crippen LogP contribution in [0.4, 0.5) is 0 Å². The van der Waals surface area contributed by atoms with Crippen molar-refractivity contribution in [1.29, 1.82) is 0 Å². The molecule has 0 fully saturated rings. The Morgan fingerprint density at radius 2 is 0.750 bits per heavy atom. The van der Waals surface area contributed by atoms with Gasteiger partial charge in [0.25, 0.3) is 0 Å². The van der Waals surface area contributed by atoms with Gasteiger partial charge < -0.3 is 0 Å². The number of rotatable bonds is 5. The fraction of sp³-hybridized carbons (Fsp3) is 0. The van der Waals surface area contributed by atoms with Gasteiger partial charge in [-0.3, -0.25) is 4.98 Å². The predicted octanol–water partition coefficient (Wildman–Crippen LogP) is 12.2. The van der Waals surface area contributed by atoms with Crippen molar-refractivity contribution in [3.8, 4) is 56.2 Å². The smallest absolute Gasteiger partial charge is 0.0972 e. The topological polar surface area (TPSA) is 51.6 Å². The van der Waals surface area contributed by atoms with E-state index in [0.717, 1.165) is 66.6 Å². The Morgan fingerprint density at radius 3 is 1.40 bits per heavy atom. The third kappa shape index (κ3) is 5.44. The molecule has 242 valence electrons. The quantitative estimate of drug-likeness (QED) is 0.172. The van der Waals surface area contributed by atoms with Gasteiger partial charge >= 0.3 is 0 Å². The van der Waals surface area contributed by atoms with E-state index >= 15 is 0 Å². The van der Waals surface area contributed by atoms with Crippen molar-refractivity contribution in [3.63, 3.8) is 0 Å². The van der Waals surface area contributed by atoms with Crippen LogP contribution in [0.1, 0.15) is 0 Å².